The monoisotopic (exact) mass is 309 g/mol. The topological polar surface area (TPSA) is 108 Å². The number of aromatic nitrogens is 3. The normalized spacial score (nSPS) is 20.0. The zero-order valence-corrected chi connectivity index (χ0v) is 12.2. The van der Waals surface area contributed by atoms with Gasteiger partial charge >= 0.3 is 0 Å². The molecular formula is C12H15N5O3S. The number of rotatable bonds is 3. The smallest absolute Gasteiger partial charge is 0.260 e. The fourth-order valence-electron chi connectivity index (χ4n) is 2.50. The van der Waals surface area contributed by atoms with Gasteiger partial charge in [0.15, 0.2) is 10.7 Å². The Labute approximate surface area is 121 Å². The lowest BCUT2D eigenvalue weighted by Gasteiger charge is -2.15. The molecule has 8 nitrogen and oxygen atoms in total. The Kier molecular flexibility index (Phi) is 3.38. The SMILES string of the molecule is CC(=O)N[C@@H]1CCN(S(=O)(=O)c2[nH]nc3ncccc23)C1. The first-order chi connectivity index (χ1) is 9.98. The van der Waals surface area contributed by atoms with Crippen LogP contribution >= 0.6 is 0 Å². The Morgan fingerprint density at radius 3 is 3.10 bits per heavy atom. The van der Waals surface area contributed by atoms with Crippen LogP contribution in [0.25, 0.3) is 11.0 Å². The molecule has 2 N–H and O–H groups in total. The molecule has 1 aliphatic rings. The number of sulfonamides is 1. The number of amides is 1. The molecule has 3 heterocycles. The first-order valence-electron chi connectivity index (χ1n) is 6.55. The summed E-state index contributed by atoms with van der Waals surface area (Å²) in [6, 6.07) is 3.19. The highest BCUT2D eigenvalue weighted by Crippen LogP contribution is 2.24. The number of nitrogens with one attached hydrogen (secondary N) is 2. The summed E-state index contributed by atoms with van der Waals surface area (Å²) in [4.78, 5) is 15.1. The number of carbonyl (C=O) groups is 1. The van der Waals surface area contributed by atoms with Crippen molar-refractivity contribution >= 4 is 27.0 Å². The predicted octanol–water partition coefficient (Wildman–Crippen LogP) is -0.143. The van der Waals surface area contributed by atoms with Gasteiger partial charge in [0.05, 0.1) is 5.39 Å². The number of aromatic amines is 1. The third-order valence-electron chi connectivity index (χ3n) is 3.45. The zero-order valence-electron chi connectivity index (χ0n) is 11.4. The molecule has 112 valence electrons. The summed E-state index contributed by atoms with van der Waals surface area (Å²) in [5.74, 6) is -0.157. The molecule has 9 heteroatoms. The van der Waals surface area contributed by atoms with Crippen LogP contribution in [-0.2, 0) is 14.8 Å². The molecule has 1 amide bonds. The zero-order chi connectivity index (χ0) is 15.0. The Morgan fingerprint density at radius 2 is 2.33 bits per heavy atom. The van der Waals surface area contributed by atoms with E-state index in [-0.39, 0.29) is 23.5 Å². The second-order valence-electron chi connectivity index (χ2n) is 4.98. The summed E-state index contributed by atoms with van der Waals surface area (Å²) in [5, 5.41) is 9.73. The van der Waals surface area contributed by atoms with Crippen LogP contribution < -0.4 is 5.32 Å². The van der Waals surface area contributed by atoms with Crippen LogP contribution in [0.2, 0.25) is 0 Å². The average molecular weight is 309 g/mol. The molecular weight excluding hydrogens is 294 g/mol. The van der Waals surface area contributed by atoms with E-state index in [0.29, 0.717) is 24.0 Å². The Morgan fingerprint density at radius 1 is 1.52 bits per heavy atom. The maximum Gasteiger partial charge on any atom is 0.260 e. The van der Waals surface area contributed by atoms with Gasteiger partial charge in [-0.25, -0.2) is 13.4 Å². The first kappa shape index (κ1) is 14.0. The molecule has 21 heavy (non-hydrogen) atoms. The van der Waals surface area contributed by atoms with Crippen molar-refractivity contribution in [3.05, 3.63) is 18.3 Å². The molecule has 2 aromatic heterocycles. The maximum absolute atomic E-state index is 12.7. The summed E-state index contributed by atoms with van der Waals surface area (Å²) in [6.45, 7) is 2.06. The van der Waals surface area contributed by atoms with Crippen LogP contribution in [0.3, 0.4) is 0 Å². The van der Waals surface area contributed by atoms with Crippen LogP contribution in [-0.4, -0.2) is 52.9 Å². The molecule has 3 rings (SSSR count). The number of H-pyrrole nitrogens is 1. The van der Waals surface area contributed by atoms with Gasteiger partial charge in [-0.1, -0.05) is 0 Å². The fourth-order valence-corrected chi connectivity index (χ4v) is 4.08. The second kappa shape index (κ2) is 5.08. The van der Waals surface area contributed by atoms with Gasteiger partial charge in [0.2, 0.25) is 5.91 Å². The highest BCUT2D eigenvalue weighted by atomic mass is 32.2. The lowest BCUT2D eigenvalue weighted by molar-refractivity contribution is -0.119. The Bertz CT molecular complexity index is 785. The van der Waals surface area contributed by atoms with E-state index in [0.717, 1.165) is 0 Å². The summed E-state index contributed by atoms with van der Waals surface area (Å²) in [6.07, 6.45) is 2.16. The largest absolute Gasteiger partial charge is 0.352 e. The number of fused-ring (bicyclic) bond motifs is 1. The molecule has 0 radical (unpaired) electrons. The van der Waals surface area contributed by atoms with E-state index in [4.69, 9.17) is 0 Å². The molecule has 0 spiro atoms. The van der Waals surface area contributed by atoms with Crippen molar-refractivity contribution in [1.29, 1.82) is 0 Å². The van der Waals surface area contributed by atoms with Gasteiger partial charge in [-0.15, -0.1) is 0 Å². The highest BCUT2D eigenvalue weighted by molar-refractivity contribution is 7.89. The number of hydrogen-bond acceptors (Lipinski definition) is 5. The van der Waals surface area contributed by atoms with Gasteiger partial charge in [-0.3, -0.25) is 9.89 Å². The van der Waals surface area contributed by atoms with Crippen molar-refractivity contribution in [3.8, 4) is 0 Å². The van der Waals surface area contributed by atoms with Crippen LogP contribution in [0.1, 0.15) is 13.3 Å². The summed E-state index contributed by atoms with van der Waals surface area (Å²) < 4.78 is 26.7. The Hall–Kier alpha value is -2.00. The van der Waals surface area contributed by atoms with Crippen molar-refractivity contribution in [1.82, 2.24) is 24.8 Å². The molecule has 1 aliphatic heterocycles. The number of hydrogen-bond donors (Lipinski definition) is 2. The molecule has 0 aliphatic carbocycles. The standard InChI is InChI=1S/C12H15N5O3S/c1-8(18)14-9-4-6-17(7-9)21(19,20)12-10-3-2-5-13-11(10)15-16-12/h2-3,5,9H,4,6-7H2,1H3,(H,14,18)(H,13,15,16)/t9-/m1/s1. The lowest BCUT2D eigenvalue weighted by atomic mass is 10.3. The van der Waals surface area contributed by atoms with Crippen LogP contribution in [0.4, 0.5) is 0 Å². The van der Waals surface area contributed by atoms with Crippen LogP contribution in [0.5, 0.6) is 0 Å². The van der Waals surface area contributed by atoms with Crippen LogP contribution in [0, 0.1) is 0 Å². The van der Waals surface area contributed by atoms with E-state index < -0.39 is 10.0 Å². The molecule has 0 unspecified atom stereocenters. The van der Waals surface area contributed by atoms with Crippen molar-refractivity contribution in [3.63, 3.8) is 0 Å². The predicted molar refractivity (Wildman–Crippen MR) is 74.9 cm³/mol. The molecule has 0 saturated carbocycles. The first-order valence-corrected chi connectivity index (χ1v) is 7.99. The quantitative estimate of drug-likeness (QED) is 0.820. The van der Waals surface area contributed by atoms with E-state index in [1.54, 1.807) is 18.3 Å². The number of pyridine rings is 1. The fraction of sp³-hybridized carbons (Fsp3) is 0.417. The lowest BCUT2D eigenvalue weighted by Crippen LogP contribution is -2.37. The van der Waals surface area contributed by atoms with Crippen molar-refractivity contribution in [2.75, 3.05) is 13.1 Å². The van der Waals surface area contributed by atoms with E-state index in [1.165, 1.54) is 11.2 Å². The summed E-state index contributed by atoms with van der Waals surface area (Å²) in [7, 11) is -3.67. The highest BCUT2D eigenvalue weighted by Gasteiger charge is 2.35. The number of carbonyl (C=O) groups excluding carboxylic acids is 1. The van der Waals surface area contributed by atoms with Gasteiger partial charge in [-0.05, 0) is 18.6 Å². The summed E-state index contributed by atoms with van der Waals surface area (Å²) in [5.41, 5.74) is 0.369. The van der Waals surface area contributed by atoms with Crippen molar-refractivity contribution in [2.24, 2.45) is 0 Å². The molecule has 1 atom stereocenters. The van der Waals surface area contributed by atoms with Gasteiger partial charge in [-0.2, -0.15) is 9.40 Å². The van der Waals surface area contributed by atoms with E-state index in [9.17, 15) is 13.2 Å². The maximum atomic E-state index is 12.7. The molecule has 0 aromatic carbocycles. The van der Waals surface area contributed by atoms with Gasteiger partial charge < -0.3 is 5.32 Å². The minimum atomic E-state index is -3.67. The van der Waals surface area contributed by atoms with Gasteiger partial charge in [0.1, 0.15) is 0 Å². The van der Waals surface area contributed by atoms with E-state index >= 15 is 0 Å². The van der Waals surface area contributed by atoms with E-state index in [1.807, 2.05) is 0 Å². The third kappa shape index (κ3) is 2.49. The second-order valence-corrected chi connectivity index (χ2v) is 6.85. The minimum absolute atomic E-state index is 0.0501. The van der Waals surface area contributed by atoms with Crippen molar-refractivity contribution in [2.45, 2.75) is 24.4 Å². The van der Waals surface area contributed by atoms with Gasteiger partial charge in [0.25, 0.3) is 10.0 Å². The molecule has 1 fully saturated rings. The minimum Gasteiger partial charge on any atom is -0.352 e. The molecule has 2 aromatic rings. The van der Waals surface area contributed by atoms with Crippen molar-refractivity contribution < 1.29 is 13.2 Å². The van der Waals surface area contributed by atoms with Gasteiger partial charge in [0, 0.05) is 32.3 Å². The third-order valence-corrected chi connectivity index (χ3v) is 5.29. The molecule has 0 bridgehead atoms. The Balaban J connectivity index is 1.89. The average Bonchev–Trinajstić information content (AvgIpc) is 3.04. The summed E-state index contributed by atoms with van der Waals surface area (Å²) >= 11 is 0. The van der Waals surface area contributed by atoms with Crippen LogP contribution in [0.15, 0.2) is 23.4 Å². The molecule has 1 saturated heterocycles. The number of nitrogens with zero attached hydrogens (tertiary/aromatic N) is 3. The van der Waals surface area contributed by atoms with E-state index in [2.05, 4.69) is 20.5 Å².